The van der Waals surface area contributed by atoms with Gasteiger partial charge in [0, 0.05) is 22.9 Å². The highest BCUT2D eigenvalue weighted by Gasteiger charge is 2.47. The van der Waals surface area contributed by atoms with Crippen LogP contribution in [-0.2, 0) is 4.57 Å². The van der Waals surface area contributed by atoms with Gasteiger partial charge < -0.3 is 0 Å². The number of thiol groups is 1. The Kier molecular flexibility index (Phi) is 6.04. The van der Waals surface area contributed by atoms with Crippen LogP contribution in [0.4, 0.5) is 0 Å². The Morgan fingerprint density at radius 3 is 1.21 bits per heavy atom. The van der Waals surface area contributed by atoms with E-state index in [9.17, 15) is 4.57 Å². The van der Waals surface area contributed by atoms with Crippen LogP contribution in [0, 0.1) is 0 Å². The van der Waals surface area contributed by atoms with Gasteiger partial charge in [-0.25, -0.2) is 0 Å². The van der Waals surface area contributed by atoms with Crippen LogP contribution in [0.2, 0.25) is 0 Å². The molecule has 144 valence electrons. The topological polar surface area (TPSA) is 29.1 Å². The molecule has 4 aromatic carbocycles. The molecule has 0 bridgehead atoms. The van der Waals surface area contributed by atoms with Crippen LogP contribution in [0.1, 0.15) is 0 Å². The molecule has 4 rings (SSSR count). The molecule has 0 fully saturated rings. The van der Waals surface area contributed by atoms with Crippen LogP contribution >= 0.6 is 26.2 Å². The maximum Gasteiger partial charge on any atom is 0.236 e. The van der Waals surface area contributed by atoms with E-state index in [0.717, 1.165) is 21.2 Å². The van der Waals surface area contributed by atoms with Crippen molar-refractivity contribution in [3.05, 3.63) is 121 Å². The van der Waals surface area contributed by atoms with Crippen molar-refractivity contribution in [2.45, 2.75) is 0 Å². The van der Waals surface area contributed by atoms with Crippen molar-refractivity contribution in [3.63, 3.8) is 0 Å². The third kappa shape index (κ3) is 4.10. The first-order valence-corrected chi connectivity index (χ1v) is 14.0. The van der Waals surface area contributed by atoms with Gasteiger partial charge in [-0.3, -0.25) is 4.57 Å². The summed E-state index contributed by atoms with van der Waals surface area (Å²) in [5.41, 5.74) is 0. The van der Waals surface area contributed by atoms with Crippen LogP contribution in [0.15, 0.2) is 121 Å². The number of hydrogen-bond acceptors (Lipinski definition) is 2. The lowest BCUT2D eigenvalue weighted by Gasteiger charge is -2.28. The monoisotopic (exact) mass is 434 g/mol. The van der Waals surface area contributed by atoms with Crippen LogP contribution in [0.25, 0.3) is 0 Å². The molecule has 4 aromatic rings. The van der Waals surface area contributed by atoms with Crippen molar-refractivity contribution >= 4 is 47.4 Å². The molecule has 0 amide bonds. The zero-order valence-corrected chi connectivity index (χ0v) is 18.5. The Bertz CT molecular complexity index is 1020. The maximum absolute atomic E-state index is 14.6. The Balaban J connectivity index is 1.92. The van der Waals surface area contributed by atoms with Crippen LogP contribution in [-0.4, -0.2) is 0 Å². The number of rotatable bonds is 6. The normalized spacial score (nSPS) is 11.9. The van der Waals surface area contributed by atoms with Gasteiger partial charge in [-0.05, 0) is 48.5 Å². The molecule has 29 heavy (non-hydrogen) atoms. The first-order valence-electron chi connectivity index (χ1n) is 9.37. The number of benzene rings is 4. The molecule has 0 saturated carbocycles. The molecular formula is C24H22NOP2S+. The van der Waals surface area contributed by atoms with Crippen LogP contribution < -0.4 is 26.1 Å². The molecular weight excluding hydrogens is 412 g/mol. The average molecular weight is 434 g/mol. The lowest BCUT2D eigenvalue weighted by Crippen LogP contribution is -2.34. The third-order valence-corrected chi connectivity index (χ3v) is 13.4. The quantitative estimate of drug-likeness (QED) is 0.333. The van der Waals surface area contributed by atoms with E-state index in [0.29, 0.717) is 0 Å². The van der Waals surface area contributed by atoms with E-state index in [2.05, 4.69) is 29.1 Å². The van der Waals surface area contributed by atoms with Gasteiger partial charge in [-0.2, -0.15) is 0 Å². The Labute approximate surface area is 178 Å². The molecule has 0 spiro atoms. The van der Waals surface area contributed by atoms with E-state index >= 15 is 0 Å². The van der Waals surface area contributed by atoms with Crippen molar-refractivity contribution in [2.75, 3.05) is 0 Å². The van der Waals surface area contributed by atoms with Gasteiger partial charge >= 0.3 is 0 Å². The molecule has 0 aliphatic rings. The van der Waals surface area contributed by atoms with Gasteiger partial charge in [0.15, 0.2) is 0 Å². The minimum absolute atomic E-state index is 0.775. The molecule has 0 heterocycles. The van der Waals surface area contributed by atoms with Gasteiger partial charge in [-0.1, -0.05) is 72.8 Å². The summed E-state index contributed by atoms with van der Waals surface area (Å²) in [7, 11) is -3.15. The third-order valence-electron chi connectivity index (χ3n) is 4.78. The Hall–Kier alpha value is -2.15. The minimum atomic E-state index is -3.15. The van der Waals surface area contributed by atoms with Crippen molar-refractivity contribution in [2.24, 2.45) is 0 Å². The summed E-state index contributed by atoms with van der Waals surface area (Å²) in [6.07, 6.45) is 0. The summed E-state index contributed by atoms with van der Waals surface area (Å²) in [5.74, 6) is 0. The summed E-state index contributed by atoms with van der Waals surface area (Å²) in [6.45, 7) is -2.45. The smallest absolute Gasteiger partial charge is 0.236 e. The zero-order chi connectivity index (χ0) is 20.2. The summed E-state index contributed by atoms with van der Waals surface area (Å²) >= 11 is 5.22. The maximum atomic E-state index is 14.6. The van der Waals surface area contributed by atoms with Crippen LogP contribution in [0.3, 0.4) is 0 Å². The molecule has 0 aliphatic carbocycles. The van der Waals surface area contributed by atoms with Crippen molar-refractivity contribution in [1.29, 1.82) is 0 Å². The first-order chi connectivity index (χ1) is 14.1. The second kappa shape index (κ2) is 8.69. The first kappa shape index (κ1) is 20.1. The van der Waals surface area contributed by atoms with Gasteiger partial charge in [0.2, 0.25) is 13.9 Å². The van der Waals surface area contributed by atoms with Gasteiger partial charge in [-0.15, -0.1) is 4.86 Å². The predicted molar refractivity (Wildman–Crippen MR) is 131 cm³/mol. The second-order valence-electron chi connectivity index (χ2n) is 6.69. The molecule has 0 radical (unpaired) electrons. The van der Waals surface area contributed by atoms with Crippen LogP contribution in [0.5, 0.6) is 0 Å². The lowest BCUT2D eigenvalue weighted by molar-refractivity contribution is 0.586. The highest BCUT2D eigenvalue weighted by Crippen LogP contribution is 2.64. The molecule has 0 aromatic heterocycles. The predicted octanol–water partition coefficient (Wildman–Crippen LogP) is 4.93. The average Bonchev–Trinajstić information content (AvgIpc) is 2.81. The van der Waals surface area contributed by atoms with Crippen molar-refractivity contribution in [3.8, 4) is 0 Å². The zero-order valence-electron chi connectivity index (χ0n) is 15.8. The SMILES string of the molecule is O=P(N[P+](S)(c1ccccc1)c1ccccc1)(c1ccccc1)c1ccccc1. The summed E-state index contributed by atoms with van der Waals surface area (Å²) in [6, 6.07) is 39.5. The highest BCUT2D eigenvalue weighted by atomic mass is 32.7. The van der Waals surface area contributed by atoms with Gasteiger partial charge in [0.05, 0.1) is 0 Å². The standard InChI is InChI=1S/C24H22NOP2S/c26-27(21-13-5-1-6-14-21,22-15-7-2-8-16-22)25-28(29,23-17-9-3-10-18-23)24-19-11-4-12-20-24/h1-20,29H,(H,25,26)/q+1. The molecule has 0 aliphatic heterocycles. The lowest BCUT2D eigenvalue weighted by atomic mass is 10.4. The van der Waals surface area contributed by atoms with Crippen molar-refractivity contribution in [1.82, 2.24) is 4.86 Å². The van der Waals surface area contributed by atoms with E-state index in [4.69, 9.17) is 12.2 Å². The van der Waals surface area contributed by atoms with Gasteiger partial charge in [0.25, 0.3) is 0 Å². The molecule has 0 saturated heterocycles. The molecule has 0 unspecified atom stereocenters. The Morgan fingerprint density at radius 2 is 0.862 bits per heavy atom. The van der Waals surface area contributed by atoms with E-state index in [1.165, 1.54) is 0 Å². The van der Waals surface area contributed by atoms with E-state index in [-0.39, 0.29) is 0 Å². The van der Waals surface area contributed by atoms with Gasteiger partial charge in [0.1, 0.15) is 10.6 Å². The second-order valence-corrected chi connectivity index (χ2v) is 13.8. The fraction of sp³-hybridized carbons (Fsp3) is 0. The largest absolute Gasteiger partial charge is 0.293 e. The highest BCUT2D eigenvalue weighted by molar-refractivity contribution is 8.58. The van der Waals surface area contributed by atoms with E-state index in [1.807, 2.05) is 97.1 Å². The fourth-order valence-electron chi connectivity index (χ4n) is 3.30. The summed E-state index contributed by atoms with van der Waals surface area (Å²) in [5, 5.41) is 3.64. The minimum Gasteiger partial charge on any atom is -0.293 e. The van der Waals surface area contributed by atoms with E-state index in [1.54, 1.807) is 0 Å². The molecule has 2 nitrogen and oxygen atoms in total. The molecule has 1 N–H and O–H groups in total. The van der Waals surface area contributed by atoms with E-state index < -0.39 is 13.9 Å². The molecule has 0 atom stereocenters. The fourth-order valence-corrected chi connectivity index (χ4v) is 11.7. The molecule has 5 heteroatoms. The summed E-state index contributed by atoms with van der Waals surface area (Å²) < 4.78 is 14.6. The number of nitrogens with one attached hydrogen (secondary N) is 1. The van der Waals surface area contributed by atoms with Crippen molar-refractivity contribution < 1.29 is 4.57 Å². The summed E-state index contributed by atoms with van der Waals surface area (Å²) in [4.78, 5) is 3.60. The number of hydrogen-bond donors (Lipinski definition) is 2. The Morgan fingerprint density at radius 1 is 0.552 bits per heavy atom.